The fourth-order valence-electron chi connectivity index (χ4n) is 1.24. The maximum absolute atomic E-state index is 13.4. The van der Waals surface area contributed by atoms with Gasteiger partial charge in [0.1, 0.15) is 22.8 Å². The zero-order valence-electron chi connectivity index (χ0n) is 8.83. The monoisotopic (exact) mass is 334 g/mol. The first kappa shape index (κ1) is 13.2. The summed E-state index contributed by atoms with van der Waals surface area (Å²) in [5.74, 6) is -1.15. The topological polar surface area (TPSA) is 35.0 Å². The largest absolute Gasteiger partial charge is 0.472 e. The van der Waals surface area contributed by atoms with Gasteiger partial charge in [-0.25, -0.2) is 13.8 Å². The summed E-state index contributed by atoms with van der Waals surface area (Å²) in [6.07, 6.45) is 2.83. The van der Waals surface area contributed by atoms with E-state index in [0.29, 0.717) is 4.60 Å². The van der Waals surface area contributed by atoms with Crippen molar-refractivity contribution in [3.63, 3.8) is 0 Å². The fraction of sp³-hybridized carbons (Fsp3) is 0.0909. The molecule has 2 rings (SSSR count). The number of benzene rings is 1. The molecule has 0 spiro atoms. The van der Waals surface area contributed by atoms with Crippen LogP contribution >= 0.6 is 27.5 Å². The smallest absolute Gasteiger partial charge is 0.233 e. The maximum Gasteiger partial charge on any atom is 0.233 e. The normalized spacial score (nSPS) is 10.4. The Hall–Kier alpha value is -1.27. The van der Waals surface area contributed by atoms with Crippen LogP contribution in [0.15, 0.2) is 29.1 Å². The maximum atomic E-state index is 13.4. The van der Waals surface area contributed by atoms with Crippen molar-refractivity contribution >= 4 is 27.5 Å². The first-order valence-corrected chi connectivity index (χ1v) is 5.97. The molecule has 0 saturated heterocycles. The lowest BCUT2D eigenvalue weighted by Gasteiger charge is -2.08. The van der Waals surface area contributed by atoms with Gasteiger partial charge in [0.15, 0.2) is 0 Å². The van der Waals surface area contributed by atoms with E-state index in [4.69, 9.17) is 16.3 Å². The number of halogens is 4. The van der Waals surface area contributed by atoms with Gasteiger partial charge < -0.3 is 4.74 Å². The minimum atomic E-state index is -0.697. The van der Waals surface area contributed by atoms with E-state index in [1.807, 2.05) is 0 Å². The Balaban J connectivity index is 2.18. The van der Waals surface area contributed by atoms with Crippen LogP contribution in [0.3, 0.4) is 0 Å². The Morgan fingerprint density at radius 2 is 1.94 bits per heavy atom. The molecule has 0 N–H and O–H groups in total. The van der Waals surface area contributed by atoms with E-state index in [1.54, 1.807) is 0 Å². The predicted octanol–water partition coefficient (Wildman–Crippen LogP) is 3.75. The lowest BCUT2D eigenvalue weighted by molar-refractivity contribution is 0.285. The highest BCUT2D eigenvalue weighted by molar-refractivity contribution is 9.10. The molecule has 18 heavy (non-hydrogen) atoms. The Kier molecular flexibility index (Phi) is 4.08. The van der Waals surface area contributed by atoms with Gasteiger partial charge in [0.25, 0.3) is 0 Å². The van der Waals surface area contributed by atoms with Gasteiger partial charge in [-0.3, -0.25) is 4.98 Å². The molecule has 94 valence electrons. The lowest BCUT2D eigenvalue weighted by Crippen LogP contribution is -2.02. The minimum absolute atomic E-state index is 0.0570. The second kappa shape index (κ2) is 5.58. The number of hydrogen-bond donors (Lipinski definition) is 0. The van der Waals surface area contributed by atoms with Gasteiger partial charge in [0.05, 0.1) is 17.4 Å². The van der Waals surface area contributed by atoms with Gasteiger partial charge in [0, 0.05) is 5.56 Å². The Morgan fingerprint density at radius 3 is 2.67 bits per heavy atom. The van der Waals surface area contributed by atoms with Crippen LogP contribution in [0.1, 0.15) is 5.56 Å². The Morgan fingerprint density at radius 1 is 1.22 bits per heavy atom. The first-order valence-electron chi connectivity index (χ1n) is 4.80. The fourth-order valence-corrected chi connectivity index (χ4v) is 1.74. The molecular weight excluding hydrogens is 329 g/mol. The Labute approximate surface area is 115 Å². The SMILES string of the molecule is Fc1ccc(F)c(COc2cncc(Br)n2)c1Cl. The molecule has 0 bridgehead atoms. The summed E-state index contributed by atoms with van der Waals surface area (Å²) in [7, 11) is 0. The van der Waals surface area contributed by atoms with E-state index in [-0.39, 0.29) is 23.1 Å². The van der Waals surface area contributed by atoms with E-state index in [9.17, 15) is 8.78 Å². The van der Waals surface area contributed by atoms with E-state index < -0.39 is 11.6 Å². The number of hydrogen-bond acceptors (Lipinski definition) is 3. The highest BCUT2D eigenvalue weighted by Crippen LogP contribution is 2.24. The van der Waals surface area contributed by atoms with Crippen molar-refractivity contribution in [2.45, 2.75) is 6.61 Å². The summed E-state index contributed by atoms with van der Waals surface area (Å²) < 4.78 is 32.3. The van der Waals surface area contributed by atoms with Gasteiger partial charge in [-0.15, -0.1) is 0 Å². The van der Waals surface area contributed by atoms with Crippen LogP contribution in [-0.2, 0) is 6.61 Å². The van der Waals surface area contributed by atoms with Crippen LogP contribution in [0.25, 0.3) is 0 Å². The molecule has 1 aromatic carbocycles. The van der Waals surface area contributed by atoms with E-state index in [0.717, 1.165) is 12.1 Å². The van der Waals surface area contributed by atoms with Crippen molar-refractivity contribution in [1.29, 1.82) is 0 Å². The van der Waals surface area contributed by atoms with Gasteiger partial charge in [-0.05, 0) is 28.1 Å². The molecule has 0 saturated carbocycles. The summed E-state index contributed by atoms with van der Waals surface area (Å²) in [6.45, 7) is -0.229. The number of nitrogens with zero attached hydrogens (tertiary/aromatic N) is 2. The van der Waals surface area contributed by atoms with Gasteiger partial charge >= 0.3 is 0 Å². The van der Waals surface area contributed by atoms with Gasteiger partial charge in [-0.1, -0.05) is 11.6 Å². The molecule has 1 aromatic heterocycles. The van der Waals surface area contributed by atoms with E-state index in [2.05, 4.69) is 25.9 Å². The second-order valence-corrected chi connectivity index (χ2v) is 4.48. The molecule has 0 fully saturated rings. The quantitative estimate of drug-likeness (QED) is 0.801. The zero-order valence-corrected chi connectivity index (χ0v) is 11.2. The highest BCUT2D eigenvalue weighted by atomic mass is 79.9. The number of rotatable bonds is 3. The molecule has 0 aliphatic heterocycles. The lowest BCUT2D eigenvalue weighted by atomic mass is 10.2. The van der Waals surface area contributed by atoms with Crippen molar-refractivity contribution in [1.82, 2.24) is 9.97 Å². The zero-order chi connectivity index (χ0) is 13.1. The molecule has 2 aromatic rings. The molecule has 1 heterocycles. The third kappa shape index (κ3) is 2.94. The second-order valence-electron chi connectivity index (χ2n) is 3.29. The van der Waals surface area contributed by atoms with E-state index >= 15 is 0 Å². The third-order valence-electron chi connectivity index (χ3n) is 2.09. The molecule has 7 heteroatoms. The van der Waals surface area contributed by atoms with Crippen molar-refractivity contribution in [3.05, 3.63) is 51.4 Å². The van der Waals surface area contributed by atoms with Crippen LogP contribution in [0, 0.1) is 11.6 Å². The molecule has 0 atom stereocenters. The molecule has 0 radical (unpaired) electrons. The van der Waals surface area contributed by atoms with Crippen molar-refractivity contribution in [2.24, 2.45) is 0 Å². The average Bonchev–Trinajstić information content (AvgIpc) is 2.34. The first-order chi connectivity index (χ1) is 8.58. The molecule has 0 amide bonds. The molecule has 3 nitrogen and oxygen atoms in total. The molecule has 0 unspecified atom stereocenters. The molecule has 0 aliphatic carbocycles. The van der Waals surface area contributed by atoms with Crippen LogP contribution in [-0.4, -0.2) is 9.97 Å². The summed E-state index contributed by atoms with van der Waals surface area (Å²) in [4.78, 5) is 7.77. The van der Waals surface area contributed by atoms with Crippen LogP contribution in [0.2, 0.25) is 5.02 Å². The summed E-state index contributed by atoms with van der Waals surface area (Å²) in [5.41, 5.74) is -0.0570. The van der Waals surface area contributed by atoms with Gasteiger partial charge in [-0.2, -0.15) is 0 Å². The van der Waals surface area contributed by atoms with E-state index in [1.165, 1.54) is 12.4 Å². The summed E-state index contributed by atoms with van der Waals surface area (Å²) in [5, 5.41) is -0.294. The number of aromatic nitrogens is 2. The van der Waals surface area contributed by atoms with Crippen molar-refractivity contribution in [2.75, 3.05) is 0 Å². The summed E-state index contributed by atoms with van der Waals surface area (Å²) >= 11 is 8.77. The standard InChI is InChI=1S/C11H6BrClF2N2O/c12-9-3-16-4-10(17-9)18-5-6-7(14)1-2-8(15)11(6)13/h1-4H,5H2. The van der Waals surface area contributed by atoms with Gasteiger partial charge in [0.2, 0.25) is 5.88 Å². The number of ether oxygens (including phenoxy) is 1. The molecule has 0 aliphatic rings. The van der Waals surface area contributed by atoms with Crippen molar-refractivity contribution < 1.29 is 13.5 Å². The van der Waals surface area contributed by atoms with Crippen LogP contribution < -0.4 is 4.74 Å². The minimum Gasteiger partial charge on any atom is -0.472 e. The van der Waals surface area contributed by atoms with Crippen LogP contribution in [0.5, 0.6) is 5.88 Å². The Bertz CT molecular complexity index is 583. The highest BCUT2D eigenvalue weighted by Gasteiger charge is 2.13. The van der Waals surface area contributed by atoms with Crippen molar-refractivity contribution in [3.8, 4) is 5.88 Å². The van der Waals surface area contributed by atoms with Crippen LogP contribution in [0.4, 0.5) is 8.78 Å². The predicted molar refractivity (Wildman–Crippen MR) is 65.4 cm³/mol. The third-order valence-corrected chi connectivity index (χ3v) is 2.88. The summed E-state index contributed by atoms with van der Waals surface area (Å²) in [6, 6.07) is 1.95. The molecular formula is C11H6BrClF2N2O. The average molecular weight is 336 g/mol.